The van der Waals surface area contributed by atoms with Crippen molar-refractivity contribution >= 4 is 145 Å². The molecule has 0 fully saturated rings. The monoisotopic (exact) mass is 1350 g/mol. The van der Waals surface area contributed by atoms with E-state index >= 15 is 0 Å². The minimum Gasteiger partial charge on any atom is -0.294 e. The molecule has 0 unspecified atom stereocenters. The Kier molecular flexibility index (Phi) is 16.2. The van der Waals surface area contributed by atoms with Gasteiger partial charge >= 0.3 is 0 Å². The Labute approximate surface area is 612 Å². The van der Waals surface area contributed by atoms with Gasteiger partial charge in [0.15, 0.2) is 0 Å². The van der Waals surface area contributed by atoms with Crippen molar-refractivity contribution in [1.82, 2.24) is 19.9 Å². The first-order chi connectivity index (χ1) is 49.7. The van der Waals surface area contributed by atoms with Crippen LogP contribution >= 0.6 is 0 Å². The van der Waals surface area contributed by atoms with Crippen LogP contribution < -0.4 is 19.6 Å². The highest BCUT2D eigenvalue weighted by Gasteiger charge is 2.33. The maximum absolute atomic E-state index is 5.76. The number of hydrogen-bond acceptors (Lipinski definition) is 8. The van der Waals surface area contributed by atoms with Crippen molar-refractivity contribution in [3.8, 4) is 0 Å². The van der Waals surface area contributed by atoms with Gasteiger partial charge in [0.2, 0.25) is 0 Å². The predicted octanol–water partition coefficient (Wildman–Crippen LogP) is 27.1. The van der Waals surface area contributed by atoms with Crippen LogP contribution in [0.5, 0.6) is 0 Å². The van der Waals surface area contributed by atoms with E-state index in [4.69, 9.17) is 19.9 Å². The molecule has 8 heteroatoms. The second-order valence-electron chi connectivity index (χ2n) is 32.7. The molecule has 0 bridgehead atoms. The molecule has 16 aromatic rings. The highest BCUT2D eigenvalue weighted by atomic mass is 15.2. The number of aromatic nitrogens is 4. The number of rotatable bonds is 12. The molecule has 0 saturated carbocycles. The van der Waals surface area contributed by atoms with E-state index in [-0.39, 0.29) is 21.7 Å². The van der Waals surface area contributed by atoms with Crippen LogP contribution in [0.3, 0.4) is 0 Å². The number of para-hydroxylation sites is 4. The standard InChI is InChI=1S/C96H90N8/c1-59-53-63-25-17-21-29-79(63)97-89(59)101(71-41-33-67(34-42-71)93(5,6)7)83-57-84(102(72-43-35-68(36-44-72)94(8,9)10)90-60(2)54-64-26-18-22-30-80(64)98-90)76-51-52-78-86(104(74-47-39-70(40-48-74)96(14,15)16)92-62(4)56-66-28-20-24-32-82(66)100-92)58-85(77-50-49-75(83)87(76)88(77)78)103(73-45-37-69(38-46-73)95(11,12)13)91-61(3)55-65-27-19-23-31-81(65)99-91/h17-58H,1-16H3. The van der Waals surface area contributed by atoms with Gasteiger partial charge in [-0.1, -0.05) is 229 Å². The fourth-order valence-electron chi connectivity index (χ4n) is 15.4. The smallest absolute Gasteiger partial charge is 0.141 e. The summed E-state index contributed by atoms with van der Waals surface area (Å²) in [4.78, 5) is 32.8. The molecule has 0 aliphatic heterocycles. The lowest BCUT2D eigenvalue weighted by Gasteiger charge is -2.35. The molecule has 0 aliphatic carbocycles. The summed E-state index contributed by atoms with van der Waals surface area (Å²) in [5.74, 6) is 3.34. The fourth-order valence-corrected chi connectivity index (χ4v) is 15.4. The summed E-state index contributed by atoms with van der Waals surface area (Å²) in [5.41, 5.74) is 20.2. The summed E-state index contributed by atoms with van der Waals surface area (Å²) in [6.45, 7) is 36.3. The van der Waals surface area contributed by atoms with E-state index in [1.807, 2.05) is 0 Å². The van der Waals surface area contributed by atoms with Gasteiger partial charge in [-0.05, 0) is 203 Å². The lowest BCUT2D eigenvalue weighted by molar-refractivity contribution is 0.590. The van der Waals surface area contributed by atoms with Crippen molar-refractivity contribution in [3.63, 3.8) is 0 Å². The third kappa shape index (κ3) is 11.9. The van der Waals surface area contributed by atoms with E-state index < -0.39 is 0 Å². The lowest BCUT2D eigenvalue weighted by Crippen LogP contribution is -2.19. The summed E-state index contributed by atoms with van der Waals surface area (Å²) in [6, 6.07) is 94.4. The van der Waals surface area contributed by atoms with Gasteiger partial charge in [-0.15, -0.1) is 0 Å². The third-order valence-electron chi connectivity index (χ3n) is 21.1. The van der Waals surface area contributed by atoms with E-state index in [0.29, 0.717) is 0 Å². The fraction of sp³-hybridized carbons (Fsp3) is 0.208. The van der Waals surface area contributed by atoms with Crippen molar-refractivity contribution in [2.24, 2.45) is 0 Å². The zero-order valence-electron chi connectivity index (χ0n) is 62.8. The van der Waals surface area contributed by atoms with E-state index in [9.17, 15) is 0 Å². The maximum Gasteiger partial charge on any atom is 0.141 e. The van der Waals surface area contributed by atoms with Crippen LogP contribution in [0, 0.1) is 27.7 Å². The van der Waals surface area contributed by atoms with Crippen LogP contribution in [-0.4, -0.2) is 19.9 Å². The molecule has 16 rings (SSSR count). The summed E-state index contributed by atoms with van der Waals surface area (Å²) in [6.07, 6.45) is 0. The van der Waals surface area contributed by atoms with Crippen molar-refractivity contribution in [2.45, 2.75) is 132 Å². The summed E-state index contributed by atoms with van der Waals surface area (Å²) >= 11 is 0. The third-order valence-corrected chi connectivity index (χ3v) is 21.1. The average molecular weight is 1360 g/mol. The molecule has 4 heterocycles. The molecule has 104 heavy (non-hydrogen) atoms. The first-order valence-corrected chi connectivity index (χ1v) is 36.6. The second-order valence-corrected chi connectivity index (χ2v) is 32.7. The molecule has 4 aromatic heterocycles. The minimum atomic E-state index is -0.101. The van der Waals surface area contributed by atoms with E-state index in [0.717, 1.165) is 167 Å². The second kappa shape index (κ2) is 25.2. The normalized spacial score (nSPS) is 12.4. The van der Waals surface area contributed by atoms with Gasteiger partial charge in [0.25, 0.3) is 0 Å². The molecule has 0 radical (unpaired) electrons. The molecule has 0 aliphatic rings. The topological polar surface area (TPSA) is 64.5 Å². The Morgan fingerprint density at radius 2 is 0.413 bits per heavy atom. The van der Waals surface area contributed by atoms with Gasteiger partial charge in [-0.2, -0.15) is 0 Å². The van der Waals surface area contributed by atoms with Gasteiger partial charge in [0.1, 0.15) is 23.3 Å². The highest BCUT2D eigenvalue weighted by molar-refractivity contribution is 6.33. The van der Waals surface area contributed by atoms with Crippen LogP contribution in [0.25, 0.3) is 75.9 Å². The highest BCUT2D eigenvalue weighted by Crippen LogP contribution is 2.56. The Morgan fingerprint density at radius 1 is 0.221 bits per heavy atom. The van der Waals surface area contributed by atoms with Gasteiger partial charge < -0.3 is 0 Å². The number of aryl methyl sites for hydroxylation is 4. The summed E-state index contributed by atoms with van der Waals surface area (Å²) < 4.78 is 0. The molecule has 0 amide bonds. The maximum atomic E-state index is 5.76. The molecule has 0 saturated heterocycles. The van der Waals surface area contributed by atoms with E-state index in [1.165, 1.54) is 22.3 Å². The molecule has 0 atom stereocenters. The van der Waals surface area contributed by atoms with Gasteiger partial charge in [0.05, 0.1) is 44.8 Å². The predicted molar refractivity (Wildman–Crippen MR) is 444 cm³/mol. The first kappa shape index (κ1) is 67.0. The van der Waals surface area contributed by atoms with Crippen LogP contribution in [0.2, 0.25) is 0 Å². The Hall–Kier alpha value is -11.5. The van der Waals surface area contributed by atoms with Gasteiger partial charge in [0, 0.05) is 76.6 Å². The lowest BCUT2D eigenvalue weighted by atomic mass is 9.86. The summed E-state index contributed by atoms with van der Waals surface area (Å²) in [7, 11) is 0. The molecule has 0 N–H and O–H groups in total. The number of fused-ring (bicyclic) bond motifs is 4. The van der Waals surface area contributed by atoms with Crippen LogP contribution in [0.4, 0.5) is 68.8 Å². The number of benzene rings is 12. The molecule has 514 valence electrons. The molecular formula is C96H90N8. The molecule has 12 aromatic carbocycles. The summed E-state index contributed by atoms with van der Waals surface area (Å²) in [5, 5.41) is 10.7. The Morgan fingerprint density at radius 3 is 0.606 bits per heavy atom. The zero-order chi connectivity index (χ0) is 72.5. The quantitative estimate of drug-likeness (QED) is 0.112. The minimum absolute atomic E-state index is 0.101. The number of nitrogens with zero attached hydrogens (tertiary/aromatic N) is 8. The molecule has 8 nitrogen and oxygen atoms in total. The molecule has 0 spiro atoms. The number of hydrogen-bond donors (Lipinski definition) is 0. The largest absolute Gasteiger partial charge is 0.294 e. The van der Waals surface area contributed by atoms with Crippen LogP contribution in [-0.2, 0) is 21.7 Å². The molecular weight excluding hydrogens is 1270 g/mol. The zero-order valence-corrected chi connectivity index (χ0v) is 62.8. The Balaban J connectivity index is 1.13. The number of anilines is 12. The first-order valence-electron chi connectivity index (χ1n) is 36.6. The van der Waals surface area contributed by atoms with Crippen LogP contribution in [0.1, 0.15) is 128 Å². The van der Waals surface area contributed by atoms with Crippen molar-refractivity contribution in [2.75, 3.05) is 19.6 Å². The van der Waals surface area contributed by atoms with Crippen molar-refractivity contribution in [3.05, 3.63) is 299 Å². The van der Waals surface area contributed by atoms with E-state index in [1.54, 1.807) is 0 Å². The van der Waals surface area contributed by atoms with Gasteiger partial charge in [-0.25, -0.2) is 19.9 Å². The van der Waals surface area contributed by atoms with Gasteiger partial charge in [-0.3, -0.25) is 19.6 Å². The average Bonchev–Trinajstić information content (AvgIpc) is 0.699. The van der Waals surface area contributed by atoms with Crippen molar-refractivity contribution in [1.29, 1.82) is 0 Å². The number of pyridine rings is 4. The SMILES string of the molecule is Cc1cc2ccccc2nc1N(c1ccc(C(C)(C)C)cc1)c1cc(N(c2ccc(C(C)(C)C)cc2)c2nc3ccccc3cc2C)c2ccc3c(N(c4ccc(C(C)(C)C)cc4)c4nc5ccccc5cc4C)cc(N(c4ccc(C(C)(C)C)cc4)c4nc5ccccc5cc4C)c4ccc1c2c43. The van der Waals surface area contributed by atoms with E-state index in [2.05, 4.69) is 385 Å². The van der Waals surface area contributed by atoms with Crippen LogP contribution in [0.15, 0.2) is 255 Å². The van der Waals surface area contributed by atoms with Crippen molar-refractivity contribution < 1.29 is 0 Å². The Bertz CT molecular complexity index is 5270.